The zero-order valence-corrected chi connectivity index (χ0v) is 11.8. The highest BCUT2D eigenvalue weighted by molar-refractivity contribution is 6.30. The third kappa shape index (κ3) is 4.97. The summed E-state index contributed by atoms with van der Waals surface area (Å²) in [4.78, 5) is 0. The van der Waals surface area contributed by atoms with E-state index in [0.717, 1.165) is 17.7 Å². The standard InChI is InChI=1S/C14H22ClNO/c1-10(16)12-9-11(15)5-6-13(12)17-8-7-14(2,3)4/h5-6,9-10H,7-8,16H2,1-4H3/t10-/m0/s1. The minimum atomic E-state index is -0.0710. The Bertz CT molecular complexity index is 369. The molecule has 1 aromatic rings. The molecule has 0 fully saturated rings. The van der Waals surface area contributed by atoms with Crippen LogP contribution in [-0.2, 0) is 0 Å². The molecule has 0 heterocycles. The third-order valence-corrected chi connectivity index (χ3v) is 2.81. The second kappa shape index (κ2) is 5.74. The van der Waals surface area contributed by atoms with Crippen LogP contribution in [0.2, 0.25) is 5.02 Å². The molecule has 96 valence electrons. The van der Waals surface area contributed by atoms with Crippen molar-refractivity contribution in [2.45, 2.75) is 40.2 Å². The Morgan fingerprint density at radius 3 is 2.53 bits per heavy atom. The lowest BCUT2D eigenvalue weighted by Crippen LogP contribution is -2.13. The molecule has 0 radical (unpaired) electrons. The summed E-state index contributed by atoms with van der Waals surface area (Å²) in [7, 11) is 0. The van der Waals surface area contributed by atoms with Crippen LogP contribution in [0.15, 0.2) is 18.2 Å². The molecule has 3 heteroatoms. The van der Waals surface area contributed by atoms with Gasteiger partial charge < -0.3 is 10.5 Å². The second-order valence-corrected chi connectivity index (χ2v) is 6.07. The molecule has 0 aliphatic rings. The second-order valence-electron chi connectivity index (χ2n) is 5.63. The number of halogens is 1. The fourth-order valence-electron chi connectivity index (χ4n) is 1.47. The Balaban J connectivity index is 2.70. The maximum atomic E-state index is 5.96. The van der Waals surface area contributed by atoms with Gasteiger partial charge in [-0.1, -0.05) is 32.4 Å². The SMILES string of the molecule is C[C@H](N)c1cc(Cl)ccc1OCCC(C)(C)C. The Morgan fingerprint density at radius 1 is 1.35 bits per heavy atom. The first-order valence-corrected chi connectivity index (χ1v) is 6.35. The van der Waals surface area contributed by atoms with Crippen LogP contribution in [0.25, 0.3) is 0 Å². The largest absolute Gasteiger partial charge is 0.493 e. The van der Waals surface area contributed by atoms with Gasteiger partial charge in [-0.15, -0.1) is 0 Å². The van der Waals surface area contributed by atoms with Crippen LogP contribution in [-0.4, -0.2) is 6.61 Å². The summed E-state index contributed by atoms with van der Waals surface area (Å²) in [6.45, 7) is 9.23. The van der Waals surface area contributed by atoms with E-state index in [0.29, 0.717) is 11.6 Å². The Kier molecular flexibility index (Phi) is 4.84. The van der Waals surface area contributed by atoms with Crippen molar-refractivity contribution in [2.24, 2.45) is 11.1 Å². The van der Waals surface area contributed by atoms with E-state index in [1.165, 1.54) is 0 Å². The van der Waals surface area contributed by atoms with Crippen LogP contribution in [0, 0.1) is 5.41 Å². The molecule has 2 nitrogen and oxygen atoms in total. The quantitative estimate of drug-likeness (QED) is 0.876. The molecule has 0 saturated carbocycles. The summed E-state index contributed by atoms with van der Waals surface area (Å²) in [6.07, 6.45) is 1.01. The lowest BCUT2D eigenvalue weighted by Gasteiger charge is -2.20. The van der Waals surface area contributed by atoms with Crippen molar-refractivity contribution in [3.05, 3.63) is 28.8 Å². The number of ether oxygens (including phenoxy) is 1. The van der Waals surface area contributed by atoms with Crippen molar-refractivity contribution >= 4 is 11.6 Å². The Hall–Kier alpha value is -0.730. The predicted molar refractivity (Wildman–Crippen MR) is 73.6 cm³/mol. The highest BCUT2D eigenvalue weighted by Crippen LogP contribution is 2.28. The van der Waals surface area contributed by atoms with Crippen molar-refractivity contribution in [2.75, 3.05) is 6.61 Å². The summed E-state index contributed by atoms with van der Waals surface area (Å²) in [6, 6.07) is 5.53. The molecule has 17 heavy (non-hydrogen) atoms. The van der Waals surface area contributed by atoms with Gasteiger partial charge in [-0.05, 0) is 37.0 Å². The van der Waals surface area contributed by atoms with Gasteiger partial charge in [0.1, 0.15) is 5.75 Å². The maximum Gasteiger partial charge on any atom is 0.124 e. The number of hydrogen-bond acceptors (Lipinski definition) is 2. The van der Waals surface area contributed by atoms with E-state index in [1.807, 2.05) is 25.1 Å². The van der Waals surface area contributed by atoms with Crippen LogP contribution in [0.1, 0.15) is 45.7 Å². The predicted octanol–water partition coefficient (Wildman–Crippen LogP) is 4.17. The molecule has 1 atom stereocenters. The van der Waals surface area contributed by atoms with Gasteiger partial charge in [-0.2, -0.15) is 0 Å². The molecule has 0 bridgehead atoms. The number of hydrogen-bond donors (Lipinski definition) is 1. The van der Waals surface area contributed by atoms with Gasteiger partial charge in [0.25, 0.3) is 0 Å². The Labute approximate surface area is 109 Å². The van der Waals surface area contributed by atoms with Gasteiger partial charge in [0.2, 0.25) is 0 Å². The Morgan fingerprint density at radius 2 is 2.00 bits per heavy atom. The van der Waals surface area contributed by atoms with E-state index in [1.54, 1.807) is 0 Å². The maximum absolute atomic E-state index is 5.96. The summed E-state index contributed by atoms with van der Waals surface area (Å²) < 4.78 is 5.79. The molecule has 0 aliphatic carbocycles. The first kappa shape index (κ1) is 14.3. The lowest BCUT2D eigenvalue weighted by atomic mass is 9.93. The zero-order chi connectivity index (χ0) is 13.1. The highest BCUT2D eigenvalue weighted by Gasteiger charge is 2.12. The fourth-order valence-corrected chi connectivity index (χ4v) is 1.65. The average molecular weight is 256 g/mol. The normalized spacial score (nSPS) is 13.5. The minimum absolute atomic E-state index is 0.0710. The van der Waals surface area contributed by atoms with Crippen LogP contribution in [0.4, 0.5) is 0 Å². The monoisotopic (exact) mass is 255 g/mol. The molecule has 1 aromatic carbocycles. The first-order chi connectivity index (χ1) is 7.79. The fraction of sp³-hybridized carbons (Fsp3) is 0.571. The van der Waals surface area contributed by atoms with Gasteiger partial charge in [-0.3, -0.25) is 0 Å². The zero-order valence-electron chi connectivity index (χ0n) is 11.1. The van der Waals surface area contributed by atoms with Gasteiger partial charge in [-0.25, -0.2) is 0 Å². The lowest BCUT2D eigenvalue weighted by molar-refractivity contribution is 0.241. The molecule has 0 spiro atoms. The average Bonchev–Trinajstić information content (AvgIpc) is 2.18. The van der Waals surface area contributed by atoms with Crippen molar-refractivity contribution in [3.8, 4) is 5.75 Å². The smallest absolute Gasteiger partial charge is 0.124 e. The van der Waals surface area contributed by atoms with Crippen molar-refractivity contribution in [3.63, 3.8) is 0 Å². The van der Waals surface area contributed by atoms with E-state index in [-0.39, 0.29) is 11.5 Å². The third-order valence-electron chi connectivity index (χ3n) is 2.57. The van der Waals surface area contributed by atoms with E-state index in [9.17, 15) is 0 Å². The van der Waals surface area contributed by atoms with Crippen LogP contribution in [0.5, 0.6) is 5.75 Å². The molecule has 0 aromatic heterocycles. The number of nitrogens with two attached hydrogens (primary N) is 1. The molecule has 0 aliphatic heterocycles. The van der Waals surface area contributed by atoms with Crippen molar-refractivity contribution in [1.29, 1.82) is 0 Å². The van der Waals surface area contributed by atoms with Gasteiger partial charge in [0, 0.05) is 16.6 Å². The van der Waals surface area contributed by atoms with E-state index >= 15 is 0 Å². The van der Waals surface area contributed by atoms with Gasteiger partial charge >= 0.3 is 0 Å². The molecule has 0 amide bonds. The summed E-state index contributed by atoms with van der Waals surface area (Å²) in [5.41, 5.74) is 7.15. The molecule has 0 saturated heterocycles. The van der Waals surface area contributed by atoms with Crippen molar-refractivity contribution in [1.82, 2.24) is 0 Å². The van der Waals surface area contributed by atoms with E-state index in [2.05, 4.69) is 20.8 Å². The summed E-state index contributed by atoms with van der Waals surface area (Å²) in [5, 5.41) is 0.695. The van der Waals surface area contributed by atoms with E-state index in [4.69, 9.17) is 22.1 Å². The summed E-state index contributed by atoms with van der Waals surface area (Å²) in [5.74, 6) is 0.841. The molecule has 0 unspecified atom stereocenters. The topological polar surface area (TPSA) is 35.2 Å². The summed E-state index contributed by atoms with van der Waals surface area (Å²) >= 11 is 5.96. The van der Waals surface area contributed by atoms with Gasteiger partial charge in [0.05, 0.1) is 6.61 Å². The van der Waals surface area contributed by atoms with Crippen LogP contribution in [0.3, 0.4) is 0 Å². The van der Waals surface area contributed by atoms with E-state index < -0.39 is 0 Å². The number of benzene rings is 1. The number of rotatable bonds is 4. The van der Waals surface area contributed by atoms with Crippen LogP contribution >= 0.6 is 11.6 Å². The molecule has 2 N–H and O–H groups in total. The minimum Gasteiger partial charge on any atom is -0.493 e. The molecular weight excluding hydrogens is 234 g/mol. The van der Waals surface area contributed by atoms with Crippen molar-refractivity contribution < 1.29 is 4.74 Å². The highest BCUT2D eigenvalue weighted by atomic mass is 35.5. The van der Waals surface area contributed by atoms with Gasteiger partial charge in [0.15, 0.2) is 0 Å². The first-order valence-electron chi connectivity index (χ1n) is 5.97. The van der Waals surface area contributed by atoms with Crippen LogP contribution < -0.4 is 10.5 Å². The molecular formula is C14H22ClNO. The molecule has 1 rings (SSSR count).